The molecule has 0 spiro atoms. The zero-order valence-corrected chi connectivity index (χ0v) is 7.85. The molecule has 1 heterocycles. The second kappa shape index (κ2) is 3.66. The summed E-state index contributed by atoms with van der Waals surface area (Å²) in [6.45, 7) is 0.816. The number of nitrogens with two attached hydrogens (primary N) is 1. The molecule has 1 unspecified atom stereocenters. The van der Waals surface area contributed by atoms with Gasteiger partial charge >= 0.3 is 0 Å². The molecule has 68 valence electrons. The summed E-state index contributed by atoms with van der Waals surface area (Å²) >= 11 is 1.89. The topological polar surface area (TPSA) is 47.6 Å². The Morgan fingerprint density at radius 2 is 2.33 bits per heavy atom. The van der Waals surface area contributed by atoms with Gasteiger partial charge in [0.25, 0.3) is 0 Å². The van der Waals surface area contributed by atoms with Crippen LogP contribution in [0.15, 0.2) is 4.99 Å². The molecule has 2 aliphatic rings. The summed E-state index contributed by atoms with van der Waals surface area (Å²) in [7, 11) is 0. The smallest absolute Gasteiger partial charge is 0.124 e. The number of thioether (sulfide) groups is 1. The molecule has 1 saturated carbocycles. The fourth-order valence-corrected chi connectivity index (χ4v) is 2.02. The highest BCUT2D eigenvalue weighted by Crippen LogP contribution is 2.24. The lowest BCUT2D eigenvalue weighted by Crippen LogP contribution is -2.37. The molecule has 3 nitrogen and oxygen atoms in total. The molecule has 0 radical (unpaired) electrons. The molecule has 2 rings (SSSR count). The molecule has 12 heavy (non-hydrogen) atoms. The van der Waals surface area contributed by atoms with Crippen molar-refractivity contribution < 1.29 is 4.74 Å². The molecule has 0 aromatic carbocycles. The maximum Gasteiger partial charge on any atom is 0.124 e. The number of amidine groups is 1. The SMILES string of the molecule is NC(=NC1CC1)C1CSCCO1. The van der Waals surface area contributed by atoms with Gasteiger partial charge in [0.15, 0.2) is 0 Å². The van der Waals surface area contributed by atoms with Gasteiger partial charge in [0.2, 0.25) is 0 Å². The molecule has 0 aromatic heterocycles. The van der Waals surface area contributed by atoms with Crippen LogP contribution in [0.1, 0.15) is 12.8 Å². The highest BCUT2D eigenvalue weighted by atomic mass is 32.2. The number of hydrogen-bond acceptors (Lipinski definition) is 3. The van der Waals surface area contributed by atoms with E-state index in [0.717, 1.165) is 18.1 Å². The van der Waals surface area contributed by atoms with Crippen LogP contribution < -0.4 is 5.73 Å². The van der Waals surface area contributed by atoms with Gasteiger partial charge in [0.05, 0.1) is 12.6 Å². The molecule has 2 fully saturated rings. The normalized spacial score (nSPS) is 32.0. The average molecular weight is 186 g/mol. The Morgan fingerprint density at radius 3 is 2.92 bits per heavy atom. The van der Waals surface area contributed by atoms with E-state index in [1.165, 1.54) is 12.8 Å². The van der Waals surface area contributed by atoms with Gasteiger partial charge in [-0.1, -0.05) is 0 Å². The summed E-state index contributed by atoms with van der Waals surface area (Å²) in [6.07, 6.45) is 2.51. The minimum absolute atomic E-state index is 0.0874. The van der Waals surface area contributed by atoms with Crippen LogP contribution in [-0.2, 0) is 4.74 Å². The summed E-state index contributed by atoms with van der Waals surface area (Å²) in [6, 6.07) is 0.514. The quantitative estimate of drug-likeness (QED) is 0.508. The molecule has 0 aromatic rings. The zero-order chi connectivity index (χ0) is 8.39. The van der Waals surface area contributed by atoms with Gasteiger partial charge in [-0.05, 0) is 12.8 Å². The fourth-order valence-electron chi connectivity index (χ4n) is 1.16. The number of rotatable bonds is 2. The maximum absolute atomic E-state index is 5.80. The molecule has 0 amide bonds. The van der Waals surface area contributed by atoms with Crippen LogP contribution >= 0.6 is 11.8 Å². The van der Waals surface area contributed by atoms with E-state index in [1.54, 1.807) is 0 Å². The van der Waals surface area contributed by atoms with Crippen molar-refractivity contribution in [2.75, 3.05) is 18.1 Å². The van der Waals surface area contributed by atoms with E-state index in [1.807, 2.05) is 11.8 Å². The summed E-state index contributed by atoms with van der Waals surface area (Å²) < 4.78 is 5.49. The summed E-state index contributed by atoms with van der Waals surface area (Å²) in [5.74, 6) is 2.78. The van der Waals surface area contributed by atoms with E-state index < -0.39 is 0 Å². The first-order valence-corrected chi connectivity index (χ1v) is 5.54. The lowest BCUT2D eigenvalue weighted by atomic mass is 10.3. The Bertz CT molecular complexity index is 185. The Kier molecular flexibility index (Phi) is 2.56. The minimum Gasteiger partial charge on any atom is -0.385 e. The monoisotopic (exact) mass is 186 g/mol. The van der Waals surface area contributed by atoms with Crippen molar-refractivity contribution in [2.24, 2.45) is 10.7 Å². The second-order valence-corrected chi connectivity index (χ2v) is 4.37. The van der Waals surface area contributed by atoms with Crippen molar-refractivity contribution in [3.8, 4) is 0 Å². The zero-order valence-electron chi connectivity index (χ0n) is 7.03. The molecule has 1 saturated heterocycles. The van der Waals surface area contributed by atoms with Gasteiger partial charge in [-0.15, -0.1) is 0 Å². The minimum atomic E-state index is 0.0874. The van der Waals surface area contributed by atoms with Gasteiger partial charge in [-0.25, -0.2) is 0 Å². The van der Waals surface area contributed by atoms with Crippen LogP contribution in [0.5, 0.6) is 0 Å². The third kappa shape index (κ3) is 2.14. The molecule has 1 aliphatic heterocycles. The average Bonchev–Trinajstić information content (AvgIpc) is 2.90. The molecule has 4 heteroatoms. The van der Waals surface area contributed by atoms with Gasteiger partial charge in [-0.3, -0.25) is 4.99 Å². The van der Waals surface area contributed by atoms with Crippen LogP contribution in [0.3, 0.4) is 0 Å². The van der Waals surface area contributed by atoms with E-state index in [2.05, 4.69) is 4.99 Å². The van der Waals surface area contributed by atoms with Crippen molar-refractivity contribution in [1.29, 1.82) is 0 Å². The van der Waals surface area contributed by atoms with Gasteiger partial charge < -0.3 is 10.5 Å². The predicted octanol–water partition coefficient (Wildman–Crippen LogP) is 0.638. The first kappa shape index (κ1) is 8.38. The Hall–Kier alpha value is -0.220. The molecular weight excluding hydrogens is 172 g/mol. The van der Waals surface area contributed by atoms with Crippen LogP contribution in [0.25, 0.3) is 0 Å². The van der Waals surface area contributed by atoms with Crippen LogP contribution in [0.2, 0.25) is 0 Å². The van der Waals surface area contributed by atoms with Crippen molar-refractivity contribution >= 4 is 17.6 Å². The lowest BCUT2D eigenvalue weighted by molar-refractivity contribution is 0.120. The van der Waals surface area contributed by atoms with Crippen LogP contribution in [0, 0.1) is 0 Å². The first-order valence-electron chi connectivity index (χ1n) is 4.39. The second-order valence-electron chi connectivity index (χ2n) is 3.22. The predicted molar refractivity (Wildman–Crippen MR) is 51.7 cm³/mol. The summed E-state index contributed by atoms with van der Waals surface area (Å²) in [4.78, 5) is 4.37. The molecule has 1 aliphatic carbocycles. The molecule has 0 bridgehead atoms. The van der Waals surface area contributed by atoms with Crippen molar-refractivity contribution in [3.63, 3.8) is 0 Å². The molecule has 2 N–H and O–H groups in total. The third-order valence-corrected chi connectivity index (χ3v) is 3.02. The van der Waals surface area contributed by atoms with Crippen molar-refractivity contribution in [3.05, 3.63) is 0 Å². The highest BCUT2D eigenvalue weighted by molar-refractivity contribution is 7.99. The summed E-state index contributed by atoms with van der Waals surface area (Å²) in [5, 5.41) is 0. The van der Waals surface area contributed by atoms with Crippen LogP contribution in [-0.4, -0.2) is 36.1 Å². The van der Waals surface area contributed by atoms with Crippen LogP contribution in [0.4, 0.5) is 0 Å². The Labute approximate surface area is 76.8 Å². The number of nitrogens with zero attached hydrogens (tertiary/aromatic N) is 1. The largest absolute Gasteiger partial charge is 0.385 e. The highest BCUT2D eigenvalue weighted by Gasteiger charge is 2.24. The summed E-state index contributed by atoms with van der Waals surface area (Å²) in [5.41, 5.74) is 5.80. The van der Waals surface area contributed by atoms with E-state index in [9.17, 15) is 0 Å². The molecular formula is C8H14N2OS. The first-order chi connectivity index (χ1) is 5.86. The van der Waals surface area contributed by atoms with E-state index in [4.69, 9.17) is 10.5 Å². The standard InChI is InChI=1S/C8H14N2OS/c9-8(10-6-1-2-6)7-5-12-4-3-11-7/h6-7H,1-5H2,(H2,9,10). The maximum atomic E-state index is 5.80. The van der Waals surface area contributed by atoms with E-state index in [-0.39, 0.29) is 6.10 Å². The van der Waals surface area contributed by atoms with Crippen molar-refractivity contribution in [1.82, 2.24) is 0 Å². The lowest BCUT2D eigenvalue weighted by Gasteiger charge is -2.21. The number of hydrogen-bond donors (Lipinski definition) is 1. The fraction of sp³-hybridized carbons (Fsp3) is 0.875. The van der Waals surface area contributed by atoms with Gasteiger partial charge in [-0.2, -0.15) is 11.8 Å². The van der Waals surface area contributed by atoms with Crippen molar-refractivity contribution in [2.45, 2.75) is 25.0 Å². The van der Waals surface area contributed by atoms with E-state index >= 15 is 0 Å². The number of aliphatic imine (C=N–C) groups is 1. The van der Waals surface area contributed by atoms with Gasteiger partial charge in [0, 0.05) is 11.5 Å². The van der Waals surface area contributed by atoms with Gasteiger partial charge in [0.1, 0.15) is 11.9 Å². The Balaban J connectivity index is 1.87. The number of ether oxygens (including phenoxy) is 1. The Morgan fingerprint density at radius 1 is 1.50 bits per heavy atom. The van der Waals surface area contributed by atoms with E-state index in [0.29, 0.717) is 11.9 Å². The third-order valence-electron chi connectivity index (χ3n) is 2.02. The molecule has 1 atom stereocenters.